The van der Waals surface area contributed by atoms with E-state index in [0.717, 1.165) is 37.3 Å². The third-order valence-corrected chi connectivity index (χ3v) is 4.20. The van der Waals surface area contributed by atoms with E-state index in [2.05, 4.69) is 20.6 Å². The smallest absolute Gasteiger partial charge is 0.410 e. The molecule has 6 heteroatoms. The molecule has 0 radical (unpaired) electrons. The summed E-state index contributed by atoms with van der Waals surface area (Å²) in [6.07, 6.45) is 9.16. The largest absolute Gasteiger partial charge is 0.447 e. The Balaban J connectivity index is 1.70. The van der Waals surface area contributed by atoms with Crippen LogP contribution in [0.15, 0.2) is 36.9 Å². The normalized spacial score (nSPS) is 18.0. The molecule has 1 aliphatic rings. The summed E-state index contributed by atoms with van der Waals surface area (Å²) in [6.45, 7) is 5.91. The summed E-state index contributed by atoms with van der Waals surface area (Å²) in [7, 11) is 0. The third kappa shape index (κ3) is 3.93. The van der Waals surface area contributed by atoms with E-state index in [9.17, 15) is 4.79 Å². The fourth-order valence-electron chi connectivity index (χ4n) is 3.13. The summed E-state index contributed by atoms with van der Waals surface area (Å²) >= 11 is 0. The zero-order valence-electron chi connectivity index (χ0n) is 14.3. The van der Waals surface area contributed by atoms with Gasteiger partial charge in [0.15, 0.2) is 0 Å². The summed E-state index contributed by atoms with van der Waals surface area (Å²) in [6, 6.07) is 4.00. The van der Waals surface area contributed by atoms with Crippen molar-refractivity contribution in [2.75, 3.05) is 13.1 Å². The molecule has 0 saturated carbocycles. The van der Waals surface area contributed by atoms with Crippen LogP contribution in [0.25, 0.3) is 0 Å². The van der Waals surface area contributed by atoms with Gasteiger partial charge in [-0.2, -0.15) is 0 Å². The van der Waals surface area contributed by atoms with Crippen LogP contribution in [0.5, 0.6) is 0 Å². The van der Waals surface area contributed by atoms with Crippen molar-refractivity contribution < 1.29 is 9.53 Å². The molecule has 2 aromatic rings. The fourth-order valence-corrected chi connectivity index (χ4v) is 3.13. The van der Waals surface area contributed by atoms with Crippen molar-refractivity contribution in [2.24, 2.45) is 0 Å². The predicted molar refractivity (Wildman–Crippen MR) is 90.7 cm³/mol. The van der Waals surface area contributed by atoms with Crippen molar-refractivity contribution in [1.82, 2.24) is 19.4 Å². The number of carbonyl (C=O) groups excluding carboxylic acids is 1. The number of aromatic nitrogens is 3. The summed E-state index contributed by atoms with van der Waals surface area (Å²) in [5.74, 6) is 1.27. The number of likely N-dealkylation sites (tertiary alicyclic amines) is 1. The second kappa shape index (κ2) is 7.47. The monoisotopic (exact) mass is 328 g/mol. The van der Waals surface area contributed by atoms with Gasteiger partial charge in [0.05, 0.1) is 12.6 Å². The highest BCUT2D eigenvalue weighted by Crippen LogP contribution is 2.26. The number of piperidine rings is 1. The second-order valence-corrected chi connectivity index (χ2v) is 6.49. The molecule has 1 saturated heterocycles. The van der Waals surface area contributed by atoms with Crippen LogP contribution in [0, 0.1) is 0 Å². The standard InChI is InChI=1S/C18H24N4O2/c1-14(2)24-18(23)22-9-4-6-16(13-22)17-20-8-10-21(17)12-15-5-3-7-19-11-15/h3,5,7-8,10-11,14,16H,4,6,9,12-13H2,1-2H3. The zero-order chi connectivity index (χ0) is 16.9. The lowest BCUT2D eigenvalue weighted by molar-refractivity contribution is 0.0675. The van der Waals surface area contributed by atoms with Gasteiger partial charge < -0.3 is 14.2 Å². The molecule has 128 valence electrons. The van der Waals surface area contributed by atoms with Crippen LogP contribution in [-0.4, -0.2) is 44.7 Å². The molecule has 0 bridgehead atoms. The van der Waals surface area contributed by atoms with Crippen LogP contribution in [0.1, 0.15) is 44.0 Å². The van der Waals surface area contributed by atoms with Gasteiger partial charge in [0.2, 0.25) is 0 Å². The van der Waals surface area contributed by atoms with E-state index in [-0.39, 0.29) is 18.1 Å². The Labute approximate surface area is 142 Å². The van der Waals surface area contributed by atoms with Crippen molar-refractivity contribution in [3.63, 3.8) is 0 Å². The molecule has 6 nitrogen and oxygen atoms in total. The molecule has 2 aromatic heterocycles. The molecule has 0 aliphatic carbocycles. The predicted octanol–water partition coefficient (Wildman–Crippen LogP) is 3.05. The number of amides is 1. The number of nitrogens with zero attached hydrogens (tertiary/aromatic N) is 4. The molecule has 1 atom stereocenters. The third-order valence-electron chi connectivity index (χ3n) is 4.20. The highest BCUT2D eigenvalue weighted by molar-refractivity contribution is 5.68. The maximum absolute atomic E-state index is 12.2. The minimum Gasteiger partial charge on any atom is -0.447 e. The number of hydrogen-bond donors (Lipinski definition) is 0. The van der Waals surface area contributed by atoms with Crippen LogP contribution in [0.3, 0.4) is 0 Å². The Morgan fingerprint density at radius 3 is 3.04 bits per heavy atom. The van der Waals surface area contributed by atoms with Gasteiger partial charge >= 0.3 is 6.09 Å². The molecule has 0 aromatic carbocycles. The van der Waals surface area contributed by atoms with Gasteiger partial charge in [0.25, 0.3) is 0 Å². The zero-order valence-corrected chi connectivity index (χ0v) is 14.3. The molecule has 0 N–H and O–H groups in total. The highest BCUT2D eigenvalue weighted by atomic mass is 16.6. The quantitative estimate of drug-likeness (QED) is 0.865. The van der Waals surface area contributed by atoms with Crippen molar-refractivity contribution in [2.45, 2.75) is 45.3 Å². The number of carbonyl (C=O) groups is 1. The van der Waals surface area contributed by atoms with Gasteiger partial charge in [0.1, 0.15) is 5.82 Å². The number of imidazole rings is 1. The highest BCUT2D eigenvalue weighted by Gasteiger charge is 2.28. The van der Waals surface area contributed by atoms with Crippen LogP contribution in [0.4, 0.5) is 4.79 Å². The minimum atomic E-state index is -0.222. The van der Waals surface area contributed by atoms with Gasteiger partial charge in [-0.25, -0.2) is 9.78 Å². The van der Waals surface area contributed by atoms with E-state index in [0.29, 0.717) is 6.54 Å². The van der Waals surface area contributed by atoms with Gasteiger partial charge in [0, 0.05) is 43.8 Å². The van der Waals surface area contributed by atoms with E-state index < -0.39 is 0 Å². The first kappa shape index (κ1) is 16.5. The number of ether oxygens (including phenoxy) is 1. The lowest BCUT2D eigenvalue weighted by Crippen LogP contribution is -2.40. The maximum Gasteiger partial charge on any atom is 0.410 e. The van der Waals surface area contributed by atoms with Crippen LogP contribution in [-0.2, 0) is 11.3 Å². The number of rotatable bonds is 4. The lowest BCUT2D eigenvalue weighted by Gasteiger charge is -2.32. The average molecular weight is 328 g/mol. The Hall–Kier alpha value is -2.37. The van der Waals surface area contributed by atoms with E-state index in [1.807, 2.05) is 38.5 Å². The van der Waals surface area contributed by atoms with Crippen molar-refractivity contribution in [1.29, 1.82) is 0 Å². The molecule has 0 spiro atoms. The number of pyridine rings is 1. The summed E-state index contributed by atoms with van der Waals surface area (Å²) < 4.78 is 7.48. The maximum atomic E-state index is 12.2. The molecule has 24 heavy (non-hydrogen) atoms. The molecular formula is C18H24N4O2. The SMILES string of the molecule is CC(C)OC(=O)N1CCCC(c2nccn2Cc2cccnc2)C1. The Kier molecular flexibility index (Phi) is 5.13. The molecular weight excluding hydrogens is 304 g/mol. The van der Waals surface area contributed by atoms with Gasteiger partial charge in [-0.05, 0) is 38.3 Å². The van der Waals surface area contributed by atoms with Crippen molar-refractivity contribution in [3.8, 4) is 0 Å². The Morgan fingerprint density at radius 2 is 2.29 bits per heavy atom. The van der Waals surface area contributed by atoms with Crippen molar-refractivity contribution >= 4 is 6.09 Å². The first-order valence-electron chi connectivity index (χ1n) is 8.49. The average Bonchev–Trinajstić information content (AvgIpc) is 3.03. The van der Waals surface area contributed by atoms with Gasteiger partial charge in [-0.15, -0.1) is 0 Å². The topological polar surface area (TPSA) is 60.2 Å². The van der Waals surface area contributed by atoms with Crippen LogP contribution in [0.2, 0.25) is 0 Å². The van der Waals surface area contributed by atoms with Gasteiger partial charge in [-0.1, -0.05) is 6.07 Å². The first-order valence-corrected chi connectivity index (χ1v) is 8.49. The molecule has 3 heterocycles. The Bertz CT molecular complexity index is 669. The molecule has 1 fully saturated rings. The van der Waals surface area contributed by atoms with E-state index in [1.54, 1.807) is 11.1 Å². The van der Waals surface area contributed by atoms with E-state index in [1.165, 1.54) is 0 Å². The molecule has 1 amide bonds. The molecule has 1 unspecified atom stereocenters. The fraction of sp³-hybridized carbons (Fsp3) is 0.500. The van der Waals surface area contributed by atoms with E-state index in [4.69, 9.17) is 4.74 Å². The Morgan fingerprint density at radius 1 is 1.42 bits per heavy atom. The summed E-state index contributed by atoms with van der Waals surface area (Å²) in [5.41, 5.74) is 1.14. The summed E-state index contributed by atoms with van der Waals surface area (Å²) in [4.78, 5) is 22.7. The van der Waals surface area contributed by atoms with Crippen molar-refractivity contribution in [3.05, 3.63) is 48.3 Å². The molecule has 3 rings (SSSR count). The van der Waals surface area contributed by atoms with Gasteiger partial charge in [-0.3, -0.25) is 4.98 Å². The number of hydrogen-bond acceptors (Lipinski definition) is 4. The van der Waals surface area contributed by atoms with E-state index >= 15 is 0 Å². The summed E-state index contributed by atoms with van der Waals surface area (Å²) in [5, 5.41) is 0. The first-order chi connectivity index (χ1) is 11.6. The lowest BCUT2D eigenvalue weighted by atomic mass is 9.97. The van der Waals surface area contributed by atoms with Crippen LogP contribution < -0.4 is 0 Å². The minimum absolute atomic E-state index is 0.0922. The second-order valence-electron chi connectivity index (χ2n) is 6.49. The molecule has 1 aliphatic heterocycles. The van der Waals surface area contributed by atoms with Crippen LogP contribution >= 0.6 is 0 Å².